The van der Waals surface area contributed by atoms with E-state index >= 15 is 0 Å². The second-order valence-electron chi connectivity index (χ2n) is 4.25. The maximum Gasteiger partial charge on any atom is 0.134 e. The van der Waals surface area contributed by atoms with Gasteiger partial charge in [0.25, 0.3) is 0 Å². The summed E-state index contributed by atoms with van der Waals surface area (Å²) in [5.41, 5.74) is 1.02. The standard InChI is InChI=1S/C16H10ClF2N/c1-10-7-12(15(19)8-14(10)18)16(17)13(9-20)11-5-3-2-4-6-11/h2-8H,1H3/b16-13+. The van der Waals surface area contributed by atoms with Crippen LogP contribution < -0.4 is 0 Å². The van der Waals surface area contributed by atoms with Crippen LogP contribution in [0.25, 0.3) is 10.6 Å². The molecule has 0 aliphatic rings. The van der Waals surface area contributed by atoms with Crippen molar-refractivity contribution in [2.75, 3.05) is 0 Å². The molecule has 0 aliphatic heterocycles. The van der Waals surface area contributed by atoms with Crippen molar-refractivity contribution >= 4 is 22.2 Å². The average molecular weight is 290 g/mol. The molecule has 2 aromatic carbocycles. The smallest absolute Gasteiger partial charge is 0.134 e. The third-order valence-corrected chi connectivity index (χ3v) is 3.27. The van der Waals surface area contributed by atoms with Gasteiger partial charge in [-0.25, -0.2) is 8.78 Å². The summed E-state index contributed by atoms with van der Waals surface area (Å²) in [6.07, 6.45) is 0. The Labute approximate surface area is 120 Å². The van der Waals surface area contributed by atoms with Crippen LogP contribution in [0.4, 0.5) is 8.78 Å². The molecule has 20 heavy (non-hydrogen) atoms. The molecule has 2 rings (SSSR count). The summed E-state index contributed by atoms with van der Waals surface area (Å²) < 4.78 is 27.1. The van der Waals surface area contributed by atoms with Gasteiger partial charge in [0, 0.05) is 11.6 Å². The lowest BCUT2D eigenvalue weighted by Gasteiger charge is -2.07. The summed E-state index contributed by atoms with van der Waals surface area (Å²) in [5.74, 6) is -1.43. The first-order chi connectivity index (χ1) is 9.54. The maximum atomic E-state index is 13.8. The molecule has 0 saturated carbocycles. The van der Waals surface area contributed by atoms with Gasteiger partial charge in [-0.3, -0.25) is 0 Å². The van der Waals surface area contributed by atoms with Crippen molar-refractivity contribution in [2.45, 2.75) is 6.92 Å². The van der Waals surface area contributed by atoms with Gasteiger partial charge in [0.1, 0.15) is 17.7 Å². The zero-order chi connectivity index (χ0) is 14.7. The first kappa shape index (κ1) is 14.2. The summed E-state index contributed by atoms with van der Waals surface area (Å²) in [7, 11) is 0. The van der Waals surface area contributed by atoms with E-state index in [2.05, 4.69) is 0 Å². The molecule has 0 saturated heterocycles. The monoisotopic (exact) mass is 289 g/mol. The van der Waals surface area contributed by atoms with E-state index in [9.17, 15) is 14.0 Å². The Kier molecular flexibility index (Phi) is 4.16. The number of hydrogen-bond acceptors (Lipinski definition) is 1. The van der Waals surface area contributed by atoms with Crippen LogP contribution in [0, 0.1) is 29.9 Å². The van der Waals surface area contributed by atoms with Gasteiger partial charge in [-0.2, -0.15) is 5.26 Å². The minimum atomic E-state index is -0.790. The lowest BCUT2D eigenvalue weighted by molar-refractivity contribution is 0.575. The number of nitrogens with zero attached hydrogens (tertiary/aromatic N) is 1. The Hall–Kier alpha value is -2.18. The molecule has 0 amide bonds. The highest BCUT2D eigenvalue weighted by atomic mass is 35.5. The van der Waals surface area contributed by atoms with E-state index in [4.69, 9.17) is 11.6 Å². The van der Waals surface area contributed by atoms with Crippen LogP contribution in [0.2, 0.25) is 0 Å². The molecule has 0 N–H and O–H groups in total. The van der Waals surface area contributed by atoms with Gasteiger partial charge in [0.15, 0.2) is 0 Å². The molecule has 0 fully saturated rings. The largest absolute Gasteiger partial charge is 0.207 e. The van der Waals surface area contributed by atoms with Crippen LogP contribution >= 0.6 is 11.6 Å². The minimum absolute atomic E-state index is 0.0194. The van der Waals surface area contributed by atoms with Gasteiger partial charge < -0.3 is 0 Å². The topological polar surface area (TPSA) is 23.8 Å². The van der Waals surface area contributed by atoms with Crippen LogP contribution in [-0.4, -0.2) is 0 Å². The molecule has 2 aromatic rings. The van der Waals surface area contributed by atoms with Gasteiger partial charge in [-0.1, -0.05) is 41.9 Å². The normalized spacial score (nSPS) is 11.8. The summed E-state index contributed by atoms with van der Waals surface area (Å²) in [6.45, 7) is 1.51. The lowest BCUT2D eigenvalue weighted by atomic mass is 10.0. The highest BCUT2D eigenvalue weighted by molar-refractivity contribution is 6.53. The first-order valence-corrected chi connectivity index (χ1v) is 6.23. The third-order valence-electron chi connectivity index (χ3n) is 2.88. The Bertz CT molecular complexity index is 715. The van der Waals surface area contributed by atoms with E-state index in [1.165, 1.54) is 13.0 Å². The number of allylic oxidation sites excluding steroid dienone is 1. The van der Waals surface area contributed by atoms with Crippen molar-refractivity contribution in [1.29, 1.82) is 5.26 Å². The summed E-state index contributed by atoms with van der Waals surface area (Å²) >= 11 is 6.13. The number of rotatable bonds is 2. The van der Waals surface area contributed by atoms with Crippen LogP contribution in [-0.2, 0) is 0 Å². The van der Waals surface area contributed by atoms with E-state index in [0.717, 1.165) is 6.07 Å². The zero-order valence-corrected chi connectivity index (χ0v) is 11.4. The Morgan fingerprint density at radius 2 is 1.75 bits per heavy atom. The molecule has 0 bridgehead atoms. The molecule has 0 aliphatic carbocycles. The molecule has 4 heteroatoms. The highest BCUT2D eigenvalue weighted by Gasteiger charge is 2.15. The number of nitriles is 1. The second kappa shape index (κ2) is 5.85. The van der Waals surface area contributed by atoms with Crippen LogP contribution in [0.5, 0.6) is 0 Å². The fourth-order valence-corrected chi connectivity index (χ4v) is 2.10. The fourth-order valence-electron chi connectivity index (χ4n) is 1.81. The highest BCUT2D eigenvalue weighted by Crippen LogP contribution is 2.31. The molecular weight excluding hydrogens is 280 g/mol. The Balaban J connectivity index is 2.64. The third kappa shape index (κ3) is 2.71. The lowest BCUT2D eigenvalue weighted by Crippen LogP contribution is -1.94. The van der Waals surface area contributed by atoms with E-state index < -0.39 is 11.6 Å². The molecule has 0 spiro atoms. The second-order valence-corrected chi connectivity index (χ2v) is 4.63. The molecule has 0 aromatic heterocycles. The first-order valence-electron chi connectivity index (χ1n) is 5.86. The van der Waals surface area contributed by atoms with Crippen molar-refractivity contribution in [3.05, 3.63) is 70.8 Å². The van der Waals surface area contributed by atoms with Crippen molar-refractivity contribution in [1.82, 2.24) is 0 Å². The van der Waals surface area contributed by atoms with E-state index in [-0.39, 0.29) is 21.7 Å². The van der Waals surface area contributed by atoms with E-state index in [1.807, 2.05) is 6.07 Å². The molecule has 0 heterocycles. The average Bonchev–Trinajstić information content (AvgIpc) is 2.44. The molecule has 1 nitrogen and oxygen atoms in total. The molecule has 0 unspecified atom stereocenters. The van der Waals surface area contributed by atoms with Gasteiger partial charge in [-0.05, 0) is 24.1 Å². The van der Waals surface area contributed by atoms with Crippen LogP contribution in [0.3, 0.4) is 0 Å². The summed E-state index contributed by atoms with van der Waals surface area (Å²) in [4.78, 5) is 0. The Morgan fingerprint density at radius 1 is 1.10 bits per heavy atom. The van der Waals surface area contributed by atoms with Crippen molar-refractivity contribution in [3.8, 4) is 6.07 Å². The summed E-state index contributed by atoms with van der Waals surface area (Å²) in [5, 5.41) is 9.21. The SMILES string of the molecule is Cc1cc(/C(Cl)=C(/C#N)c2ccccc2)c(F)cc1F. The van der Waals surface area contributed by atoms with E-state index in [1.54, 1.807) is 30.3 Å². The molecule has 0 atom stereocenters. The molecular formula is C16H10ClF2N. The van der Waals surface area contributed by atoms with Crippen molar-refractivity contribution in [3.63, 3.8) is 0 Å². The fraction of sp³-hybridized carbons (Fsp3) is 0.0625. The van der Waals surface area contributed by atoms with Crippen molar-refractivity contribution < 1.29 is 8.78 Å². The predicted molar refractivity (Wildman–Crippen MR) is 75.8 cm³/mol. The maximum absolute atomic E-state index is 13.8. The van der Waals surface area contributed by atoms with E-state index in [0.29, 0.717) is 5.56 Å². The number of hydrogen-bond donors (Lipinski definition) is 0. The number of halogens is 3. The van der Waals surface area contributed by atoms with Crippen LogP contribution in [0.15, 0.2) is 42.5 Å². The molecule has 100 valence electrons. The minimum Gasteiger partial charge on any atom is -0.207 e. The predicted octanol–water partition coefficient (Wildman–Crippen LogP) is 4.90. The van der Waals surface area contributed by atoms with Gasteiger partial charge in [-0.15, -0.1) is 0 Å². The van der Waals surface area contributed by atoms with Crippen molar-refractivity contribution in [2.24, 2.45) is 0 Å². The van der Waals surface area contributed by atoms with Gasteiger partial charge >= 0.3 is 0 Å². The number of benzene rings is 2. The van der Waals surface area contributed by atoms with Gasteiger partial charge in [0.05, 0.1) is 10.6 Å². The quantitative estimate of drug-likeness (QED) is 0.569. The number of aryl methyl sites for hydroxylation is 1. The summed E-state index contributed by atoms with van der Waals surface area (Å²) in [6, 6.07) is 12.7. The Morgan fingerprint density at radius 3 is 2.35 bits per heavy atom. The van der Waals surface area contributed by atoms with Gasteiger partial charge in [0.2, 0.25) is 0 Å². The van der Waals surface area contributed by atoms with Crippen LogP contribution in [0.1, 0.15) is 16.7 Å². The molecule has 0 radical (unpaired) electrons. The zero-order valence-electron chi connectivity index (χ0n) is 10.6.